The Bertz CT molecular complexity index is 2550. The van der Waals surface area contributed by atoms with Crippen LogP contribution in [-0.2, 0) is 0 Å². The van der Waals surface area contributed by atoms with Crippen LogP contribution in [0.3, 0.4) is 0 Å². The van der Waals surface area contributed by atoms with Crippen molar-refractivity contribution in [3.63, 3.8) is 0 Å². The molecule has 0 aromatic heterocycles. The summed E-state index contributed by atoms with van der Waals surface area (Å²) in [6.07, 6.45) is 0. The van der Waals surface area contributed by atoms with Crippen molar-refractivity contribution in [2.24, 2.45) is 0 Å². The van der Waals surface area contributed by atoms with Crippen LogP contribution in [0.5, 0.6) is 11.5 Å². The summed E-state index contributed by atoms with van der Waals surface area (Å²) >= 11 is 0. The molecule has 4 aliphatic rings. The second-order valence-electron chi connectivity index (χ2n) is 13.7. The predicted molar refractivity (Wildman–Crippen MR) is 207 cm³/mol. The maximum atomic E-state index is 6.96. The van der Waals surface area contributed by atoms with E-state index in [1.165, 1.54) is 89.2 Å². The number of hydrogen-bond acceptors (Lipinski definition) is 3. The number of nitrogens with zero attached hydrogens (tertiary/aromatic N) is 2. The highest BCUT2D eigenvalue weighted by Gasteiger charge is 2.50. The van der Waals surface area contributed by atoms with Crippen molar-refractivity contribution in [2.75, 3.05) is 9.80 Å². The molecule has 0 spiro atoms. The van der Waals surface area contributed by atoms with Gasteiger partial charge in [-0.25, -0.2) is 0 Å². The molecule has 11 rings (SSSR count). The van der Waals surface area contributed by atoms with Gasteiger partial charge in [0.2, 0.25) is 0 Å². The van der Waals surface area contributed by atoms with Crippen LogP contribution < -0.4 is 47.3 Å². The second kappa shape index (κ2) is 9.81. The van der Waals surface area contributed by atoms with E-state index in [0.29, 0.717) is 0 Å². The summed E-state index contributed by atoms with van der Waals surface area (Å²) in [5.41, 5.74) is 20.2. The highest BCUT2D eigenvalue weighted by atomic mass is 16.5. The van der Waals surface area contributed by atoms with E-state index in [4.69, 9.17) is 4.74 Å². The molecule has 7 aromatic carbocycles. The lowest BCUT2D eigenvalue weighted by Gasteiger charge is -2.49. The molecule has 0 saturated heterocycles. The molecule has 4 heterocycles. The Balaban J connectivity index is 1.27. The van der Waals surface area contributed by atoms with Crippen LogP contribution in [0, 0.1) is 13.8 Å². The van der Waals surface area contributed by atoms with E-state index < -0.39 is 0 Å². The van der Waals surface area contributed by atoms with Gasteiger partial charge in [-0.1, -0.05) is 109 Å². The van der Waals surface area contributed by atoms with E-state index in [0.717, 1.165) is 11.5 Å². The lowest BCUT2D eigenvalue weighted by atomic mass is 9.29. The largest absolute Gasteiger partial charge is 0.458 e. The Morgan fingerprint density at radius 3 is 1.65 bits per heavy atom. The minimum Gasteiger partial charge on any atom is -0.458 e. The van der Waals surface area contributed by atoms with Gasteiger partial charge in [0, 0.05) is 40.2 Å². The van der Waals surface area contributed by atoms with Crippen molar-refractivity contribution < 1.29 is 4.74 Å². The molecule has 3 nitrogen and oxygen atoms in total. The first-order chi connectivity index (χ1) is 24.2. The van der Waals surface area contributed by atoms with Gasteiger partial charge in [-0.15, -0.1) is 0 Å². The summed E-state index contributed by atoms with van der Waals surface area (Å²) in [6.45, 7) is 4.64. The van der Waals surface area contributed by atoms with Gasteiger partial charge in [-0.3, -0.25) is 0 Å². The minimum absolute atomic E-state index is 0.0790. The molecule has 0 saturated carbocycles. The molecule has 49 heavy (non-hydrogen) atoms. The number of fused-ring (bicyclic) bond motifs is 10. The zero-order valence-electron chi connectivity index (χ0n) is 27.3. The van der Waals surface area contributed by atoms with E-state index >= 15 is 0 Å². The number of para-hydroxylation sites is 4. The van der Waals surface area contributed by atoms with Crippen LogP contribution in [0.1, 0.15) is 11.1 Å². The Kier molecular flexibility index (Phi) is 5.42. The maximum absolute atomic E-state index is 6.96. The fourth-order valence-corrected chi connectivity index (χ4v) is 9.22. The average Bonchev–Trinajstić information content (AvgIpc) is 3.15. The number of rotatable bonds is 2. The number of aryl methyl sites for hydroxylation is 1. The zero-order valence-corrected chi connectivity index (χ0v) is 27.3. The van der Waals surface area contributed by atoms with Crippen LogP contribution in [0.15, 0.2) is 146 Å². The molecule has 4 aliphatic heterocycles. The quantitative estimate of drug-likeness (QED) is 0.193. The molecular formula is C44H30B2N2O. The van der Waals surface area contributed by atoms with Crippen LogP contribution in [0.4, 0.5) is 34.1 Å². The van der Waals surface area contributed by atoms with Gasteiger partial charge in [0.25, 0.3) is 13.4 Å². The summed E-state index contributed by atoms with van der Waals surface area (Å²) < 4.78 is 6.96. The van der Waals surface area contributed by atoms with Crippen LogP contribution in [-0.4, -0.2) is 13.4 Å². The molecule has 5 heteroatoms. The van der Waals surface area contributed by atoms with Crippen molar-refractivity contribution in [3.05, 3.63) is 157 Å². The van der Waals surface area contributed by atoms with E-state index in [-0.39, 0.29) is 13.4 Å². The lowest BCUT2D eigenvalue weighted by molar-refractivity contribution is 0.488. The third kappa shape index (κ3) is 3.49. The van der Waals surface area contributed by atoms with Crippen molar-refractivity contribution in [1.29, 1.82) is 0 Å². The molecule has 228 valence electrons. The van der Waals surface area contributed by atoms with Crippen molar-refractivity contribution >= 4 is 80.3 Å². The molecule has 0 radical (unpaired) electrons. The maximum Gasteiger partial charge on any atom is 0.256 e. The van der Waals surface area contributed by atoms with Gasteiger partial charge in [-0.2, -0.15) is 0 Å². The highest BCUT2D eigenvalue weighted by Crippen LogP contribution is 2.48. The molecule has 0 amide bonds. The molecule has 0 aliphatic carbocycles. The smallest absolute Gasteiger partial charge is 0.256 e. The molecular weight excluding hydrogens is 594 g/mol. The van der Waals surface area contributed by atoms with Gasteiger partial charge in [0.15, 0.2) is 0 Å². The van der Waals surface area contributed by atoms with Gasteiger partial charge in [0.05, 0.1) is 0 Å². The standard InChI is InChI=1S/C44H30B2N2O/c1-27-14-3-4-15-29(27)30-16-13-24-35(28(30)2)47-36-21-9-5-17-31(36)45-32-18-6-10-22-37(32)48-38-23-11-7-19-33(38)46-34-20-8-12-25-40(34)49-41-26-39(47)42(45)44(48)43(41)46/h3-26H,1-2H3. The molecule has 0 fully saturated rings. The number of benzene rings is 7. The van der Waals surface area contributed by atoms with Gasteiger partial charge >= 0.3 is 0 Å². The van der Waals surface area contributed by atoms with E-state index in [1.807, 2.05) is 0 Å². The van der Waals surface area contributed by atoms with Crippen LogP contribution in [0.25, 0.3) is 11.1 Å². The molecule has 0 bridgehead atoms. The van der Waals surface area contributed by atoms with E-state index in [1.54, 1.807) is 0 Å². The van der Waals surface area contributed by atoms with Crippen molar-refractivity contribution in [1.82, 2.24) is 0 Å². The van der Waals surface area contributed by atoms with E-state index in [9.17, 15) is 0 Å². The fourth-order valence-electron chi connectivity index (χ4n) is 9.22. The van der Waals surface area contributed by atoms with Crippen LogP contribution in [0.2, 0.25) is 0 Å². The second-order valence-corrected chi connectivity index (χ2v) is 13.7. The summed E-state index contributed by atoms with van der Waals surface area (Å²) in [6, 6.07) is 53.4. The Morgan fingerprint density at radius 2 is 0.959 bits per heavy atom. The number of hydrogen-bond donors (Lipinski definition) is 0. The Hall–Kier alpha value is -5.93. The van der Waals surface area contributed by atoms with Gasteiger partial charge < -0.3 is 14.5 Å². The monoisotopic (exact) mass is 624 g/mol. The Morgan fingerprint density at radius 1 is 0.429 bits per heavy atom. The van der Waals surface area contributed by atoms with Gasteiger partial charge in [0.1, 0.15) is 11.5 Å². The first kappa shape index (κ1) is 27.1. The Labute approximate surface area is 287 Å². The first-order valence-corrected chi connectivity index (χ1v) is 17.2. The molecule has 0 N–H and O–H groups in total. The SMILES string of the molecule is Cc1ccccc1-c1cccc(N2c3ccccc3B3c4ccccc4N4c5ccccc5B5c6ccccc6Oc6cc2c3c4c65)c1C. The third-order valence-corrected chi connectivity index (χ3v) is 11.3. The lowest BCUT2D eigenvalue weighted by Crippen LogP contribution is -2.67. The van der Waals surface area contributed by atoms with Crippen molar-refractivity contribution in [2.45, 2.75) is 13.8 Å². The van der Waals surface area contributed by atoms with Gasteiger partial charge in [-0.05, 0) is 99.2 Å². The fraction of sp³-hybridized carbons (Fsp3) is 0.0455. The highest BCUT2D eigenvalue weighted by molar-refractivity contribution is 7.04. The summed E-state index contributed by atoms with van der Waals surface area (Å²) in [5, 5.41) is 0. The predicted octanol–water partition coefficient (Wildman–Crippen LogP) is 6.99. The number of ether oxygens (including phenoxy) is 1. The minimum atomic E-state index is 0.0790. The first-order valence-electron chi connectivity index (χ1n) is 17.2. The molecule has 0 atom stereocenters. The average molecular weight is 624 g/mol. The van der Waals surface area contributed by atoms with E-state index in [2.05, 4.69) is 169 Å². The van der Waals surface area contributed by atoms with Crippen LogP contribution >= 0.6 is 0 Å². The molecule has 0 unspecified atom stereocenters. The molecule has 7 aromatic rings. The normalized spacial score (nSPS) is 13.9. The summed E-state index contributed by atoms with van der Waals surface area (Å²) in [5.74, 6) is 1.87. The van der Waals surface area contributed by atoms with Crippen molar-refractivity contribution in [3.8, 4) is 22.6 Å². The zero-order chi connectivity index (χ0) is 32.4. The summed E-state index contributed by atoms with van der Waals surface area (Å²) in [7, 11) is 0. The third-order valence-electron chi connectivity index (χ3n) is 11.3. The number of anilines is 6. The topological polar surface area (TPSA) is 15.7 Å². The summed E-state index contributed by atoms with van der Waals surface area (Å²) in [4.78, 5) is 5.05.